The van der Waals surface area contributed by atoms with Gasteiger partial charge >= 0.3 is 0 Å². The van der Waals surface area contributed by atoms with Gasteiger partial charge in [-0.05, 0) is 44.6 Å². The molecule has 0 unspecified atom stereocenters. The predicted octanol–water partition coefficient (Wildman–Crippen LogP) is 3.07. The van der Waals surface area contributed by atoms with Crippen LogP contribution in [0.15, 0.2) is 0 Å². The smallest absolute Gasteiger partial charge is 0.0603 e. The molecule has 0 amide bonds. The zero-order chi connectivity index (χ0) is 11.4. The third-order valence-corrected chi connectivity index (χ3v) is 4.08. The fourth-order valence-corrected chi connectivity index (χ4v) is 2.86. The molecule has 0 radical (unpaired) electrons. The van der Waals surface area contributed by atoms with E-state index in [9.17, 15) is 0 Å². The summed E-state index contributed by atoms with van der Waals surface area (Å²) in [6.45, 7) is 8.41. The van der Waals surface area contributed by atoms with Crippen molar-refractivity contribution in [3.05, 3.63) is 0 Å². The Hall–Kier alpha value is -0.0800. The second-order valence-corrected chi connectivity index (χ2v) is 5.73. The normalized spacial score (nSPS) is 32.6. The zero-order valence-electron chi connectivity index (χ0n) is 11.0. The molecule has 1 aliphatic carbocycles. The van der Waals surface area contributed by atoms with Gasteiger partial charge in [0.15, 0.2) is 0 Å². The van der Waals surface area contributed by atoms with Gasteiger partial charge in [-0.1, -0.05) is 20.3 Å². The lowest BCUT2D eigenvalue weighted by atomic mass is 9.84. The lowest BCUT2D eigenvalue weighted by Crippen LogP contribution is -2.41. The summed E-state index contributed by atoms with van der Waals surface area (Å²) in [6.07, 6.45) is 8.95. The summed E-state index contributed by atoms with van der Waals surface area (Å²) < 4.78 is 6.12. The Kier molecular flexibility index (Phi) is 4.66. The third-order valence-electron chi connectivity index (χ3n) is 4.08. The van der Waals surface area contributed by atoms with Gasteiger partial charge in [0.05, 0.1) is 12.2 Å². The molecule has 1 aliphatic heterocycles. The molecule has 0 bridgehead atoms. The van der Waals surface area contributed by atoms with Gasteiger partial charge in [-0.25, -0.2) is 0 Å². The average molecular weight is 225 g/mol. The van der Waals surface area contributed by atoms with E-state index in [-0.39, 0.29) is 0 Å². The minimum Gasteiger partial charge on any atom is -0.375 e. The van der Waals surface area contributed by atoms with Crippen molar-refractivity contribution in [3.8, 4) is 0 Å². The van der Waals surface area contributed by atoms with Gasteiger partial charge in [-0.2, -0.15) is 0 Å². The Balaban J connectivity index is 1.58. The average Bonchev–Trinajstić information content (AvgIpc) is 2.26. The van der Waals surface area contributed by atoms with Crippen LogP contribution in [-0.4, -0.2) is 36.7 Å². The highest BCUT2D eigenvalue weighted by Gasteiger charge is 2.29. The van der Waals surface area contributed by atoms with Crippen molar-refractivity contribution >= 4 is 0 Å². The molecule has 2 nitrogen and oxygen atoms in total. The molecule has 0 aromatic heterocycles. The van der Waals surface area contributed by atoms with Gasteiger partial charge in [0.25, 0.3) is 0 Å². The maximum Gasteiger partial charge on any atom is 0.0603 e. The highest BCUT2D eigenvalue weighted by Crippen LogP contribution is 2.31. The Morgan fingerprint density at radius 2 is 1.81 bits per heavy atom. The highest BCUT2D eigenvalue weighted by molar-refractivity contribution is 4.80. The lowest BCUT2D eigenvalue weighted by molar-refractivity contribution is -0.0904. The first-order valence-corrected chi connectivity index (χ1v) is 7.15. The molecule has 0 aromatic carbocycles. The first kappa shape index (κ1) is 12.4. The van der Waals surface area contributed by atoms with Gasteiger partial charge in [-0.15, -0.1) is 0 Å². The standard InChI is InChI=1S/C14H27NO/c1-3-4-7-15-8-5-13(6-9-15)16-14-10-12(2)11-14/h12-14H,3-11H2,1-2H3. The van der Waals surface area contributed by atoms with E-state index in [4.69, 9.17) is 4.74 Å². The molecule has 1 heterocycles. The number of likely N-dealkylation sites (tertiary alicyclic amines) is 1. The van der Waals surface area contributed by atoms with Crippen LogP contribution < -0.4 is 0 Å². The van der Waals surface area contributed by atoms with Crippen molar-refractivity contribution in [1.82, 2.24) is 4.90 Å². The Morgan fingerprint density at radius 3 is 2.38 bits per heavy atom. The summed E-state index contributed by atoms with van der Waals surface area (Å²) in [4.78, 5) is 2.60. The Bertz CT molecular complexity index is 193. The second-order valence-electron chi connectivity index (χ2n) is 5.73. The number of hydrogen-bond acceptors (Lipinski definition) is 2. The summed E-state index contributed by atoms with van der Waals surface area (Å²) in [6, 6.07) is 0. The van der Waals surface area contributed by atoms with Crippen molar-refractivity contribution in [2.45, 2.75) is 64.6 Å². The van der Waals surface area contributed by atoms with Crippen LogP contribution in [0.4, 0.5) is 0 Å². The van der Waals surface area contributed by atoms with Crippen molar-refractivity contribution < 1.29 is 4.74 Å². The zero-order valence-corrected chi connectivity index (χ0v) is 11.0. The van der Waals surface area contributed by atoms with Crippen molar-refractivity contribution in [2.75, 3.05) is 19.6 Å². The van der Waals surface area contributed by atoms with Crippen LogP contribution in [0.5, 0.6) is 0 Å². The number of hydrogen-bond donors (Lipinski definition) is 0. The molecule has 0 atom stereocenters. The maximum absolute atomic E-state index is 6.12. The summed E-state index contributed by atoms with van der Waals surface area (Å²) in [7, 11) is 0. The minimum absolute atomic E-state index is 0.565. The molecule has 2 aliphatic rings. The van der Waals surface area contributed by atoms with Gasteiger partial charge in [-0.3, -0.25) is 0 Å². The van der Waals surface area contributed by atoms with Crippen molar-refractivity contribution in [2.24, 2.45) is 5.92 Å². The Morgan fingerprint density at radius 1 is 1.12 bits per heavy atom. The molecular weight excluding hydrogens is 198 g/mol. The van der Waals surface area contributed by atoms with Crippen LogP contribution in [0.1, 0.15) is 52.4 Å². The molecule has 0 aromatic rings. The first-order valence-electron chi connectivity index (χ1n) is 7.15. The van der Waals surface area contributed by atoms with E-state index in [2.05, 4.69) is 18.7 Å². The summed E-state index contributed by atoms with van der Waals surface area (Å²) in [5.41, 5.74) is 0. The molecule has 2 rings (SSSR count). The molecule has 94 valence electrons. The minimum atomic E-state index is 0.565. The largest absolute Gasteiger partial charge is 0.375 e. The van der Waals surface area contributed by atoms with Gasteiger partial charge in [0.2, 0.25) is 0 Å². The maximum atomic E-state index is 6.12. The number of nitrogens with zero attached hydrogens (tertiary/aromatic N) is 1. The monoisotopic (exact) mass is 225 g/mol. The topological polar surface area (TPSA) is 12.5 Å². The summed E-state index contributed by atoms with van der Waals surface area (Å²) in [5, 5.41) is 0. The van der Waals surface area contributed by atoms with Crippen LogP contribution in [-0.2, 0) is 4.74 Å². The van der Waals surface area contributed by atoms with E-state index < -0.39 is 0 Å². The molecule has 16 heavy (non-hydrogen) atoms. The second kappa shape index (κ2) is 6.02. The quantitative estimate of drug-likeness (QED) is 0.713. The van der Waals surface area contributed by atoms with E-state index >= 15 is 0 Å². The van der Waals surface area contributed by atoms with Gasteiger partial charge in [0, 0.05) is 13.1 Å². The highest BCUT2D eigenvalue weighted by atomic mass is 16.5. The van der Waals surface area contributed by atoms with Crippen LogP contribution in [0.25, 0.3) is 0 Å². The fourth-order valence-electron chi connectivity index (χ4n) is 2.86. The third kappa shape index (κ3) is 3.46. The molecule has 1 saturated heterocycles. The molecule has 2 heteroatoms. The molecule has 2 fully saturated rings. The molecular formula is C14H27NO. The Labute approximate surface area is 100 Å². The predicted molar refractivity (Wildman–Crippen MR) is 67.6 cm³/mol. The van der Waals surface area contributed by atoms with E-state index in [1.54, 1.807) is 0 Å². The van der Waals surface area contributed by atoms with E-state index in [0.29, 0.717) is 12.2 Å². The van der Waals surface area contributed by atoms with Gasteiger partial charge in [0.1, 0.15) is 0 Å². The first-order chi connectivity index (χ1) is 7.78. The van der Waals surface area contributed by atoms with Crippen LogP contribution in [0.2, 0.25) is 0 Å². The number of ether oxygens (including phenoxy) is 1. The number of rotatable bonds is 5. The SMILES string of the molecule is CCCCN1CCC(OC2CC(C)C2)CC1. The summed E-state index contributed by atoms with van der Waals surface area (Å²) in [5.74, 6) is 0.912. The lowest BCUT2D eigenvalue weighted by Gasteiger charge is -2.39. The van der Waals surface area contributed by atoms with E-state index in [0.717, 1.165) is 5.92 Å². The molecule has 1 saturated carbocycles. The van der Waals surface area contributed by atoms with E-state index in [1.807, 2.05) is 0 Å². The molecule has 0 N–H and O–H groups in total. The van der Waals surface area contributed by atoms with E-state index in [1.165, 1.54) is 58.2 Å². The van der Waals surface area contributed by atoms with Crippen LogP contribution >= 0.6 is 0 Å². The van der Waals surface area contributed by atoms with Crippen molar-refractivity contribution in [1.29, 1.82) is 0 Å². The van der Waals surface area contributed by atoms with Crippen LogP contribution in [0, 0.1) is 5.92 Å². The van der Waals surface area contributed by atoms with Crippen molar-refractivity contribution in [3.63, 3.8) is 0 Å². The molecule has 0 spiro atoms. The fraction of sp³-hybridized carbons (Fsp3) is 1.00. The van der Waals surface area contributed by atoms with Crippen LogP contribution in [0.3, 0.4) is 0 Å². The van der Waals surface area contributed by atoms with Gasteiger partial charge < -0.3 is 9.64 Å². The number of unbranched alkanes of at least 4 members (excludes halogenated alkanes) is 1. The number of piperidine rings is 1. The summed E-state index contributed by atoms with van der Waals surface area (Å²) >= 11 is 0.